The minimum atomic E-state index is -0.619. The van der Waals surface area contributed by atoms with Gasteiger partial charge in [-0.2, -0.15) is 0 Å². The summed E-state index contributed by atoms with van der Waals surface area (Å²) >= 11 is 7.43. The lowest BCUT2D eigenvalue weighted by molar-refractivity contribution is 0.0530. The molecule has 3 rings (SSSR count). The molecular formula is C17H12ClNO5S. The largest absolute Gasteiger partial charge is 0.464 e. The average Bonchev–Trinajstić information content (AvgIpc) is 2.60. The van der Waals surface area contributed by atoms with Crippen molar-refractivity contribution in [2.24, 2.45) is 0 Å². The quantitative estimate of drug-likeness (QED) is 0.513. The highest BCUT2D eigenvalue weighted by Crippen LogP contribution is 2.31. The molecule has 0 atom stereocenters. The van der Waals surface area contributed by atoms with Crippen molar-refractivity contribution in [3.8, 4) is 0 Å². The van der Waals surface area contributed by atoms with Crippen LogP contribution >= 0.6 is 22.9 Å². The molecule has 6 nitrogen and oxygen atoms in total. The Bertz CT molecular complexity index is 1080. The molecule has 25 heavy (non-hydrogen) atoms. The van der Waals surface area contributed by atoms with Crippen molar-refractivity contribution < 1.29 is 19.1 Å². The molecule has 128 valence electrons. The van der Waals surface area contributed by atoms with Crippen LogP contribution in [0, 0.1) is 0 Å². The summed E-state index contributed by atoms with van der Waals surface area (Å²) in [6, 6.07) is 5.89. The molecule has 0 bridgehead atoms. The van der Waals surface area contributed by atoms with Gasteiger partial charge in [0.05, 0.1) is 29.6 Å². The molecule has 2 heterocycles. The molecule has 2 aromatic heterocycles. The molecule has 0 aliphatic rings. The fraction of sp³-hybridized carbons (Fsp3) is 0.176. The number of rotatable bonds is 3. The van der Waals surface area contributed by atoms with Crippen LogP contribution in [0.4, 0.5) is 0 Å². The molecule has 0 aliphatic heterocycles. The van der Waals surface area contributed by atoms with Crippen molar-refractivity contribution in [1.82, 2.24) is 4.98 Å². The number of aromatic nitrogens is 1. The predicted octanol–water partition coefficient (Wildman–Crippen LogP) is 3.43. The second kappa shape index (κ2) is 6.78. The summed E-state index contributed by atoms with van der Waals surface area (Å²) < 4.78 is 10.2. The number of nitrogens with zero attached hydrogens (tertiary/aromatic N) is 1. The minimum absolute atomic E-state index is 0.0543. The fourth-order valence-corrected chi connectivity index (χ4v) is 3.72. The number of esters is 2. The van der Waals surface area contributed by atoms with Gasteiger partial charge in [-0.25, -0.2) is 14.6 Å². The lowest BCUT2D eigenvalue weighted by Gasteiger charge is -2.08. The number of pyridine rings is 1. The first-order chi connectivity index (χ1) is 12.0. The molecule has 1 aromatic carbocycles. The molecule has 0 spiro atoms. The van der Waals surface area contributed by atoms with Crippen LogP contribution in [0.5, 0.6) is 0 Å². The molecule has 0 saturated heterocycles. The Morgan fingerprint density at radius 1 is 1.20 bits per heavy atom. The maximum atomic E-state index is 12.6. The predicted molar refractivity (Wildman–Crippen MR) is 95.7 cm³/mol. The number of halogens is 1. The Balaban J connectivity index is 2.30. The van der Waals surface area contributed by atoms with Crippen molar-refractivity contribution in [3.63, 3.8) is 0 Å². The molecule has 0 aliphatic carbocycles. The van der Waals surface area contributed by atoms with Gasteiger partial charge in [-0.1, -0.05) is 11.6 Å². The van der Waals surface area contributed by atoms with Gasteiger partial charge >= 0.3 is 11.9 Å². The summed E-state index contributed by atoms with van der Waals surface area (Å²) in [4.78, 5) is 40.5. The maximum Gasteiger partial charge on any atom is 0.356 e. The van der Waals surface area contributed by atoms with Gasteiger partial charge in [0.1, 0.15) is 4.88 Å². The summed E-state index contributed by atoms with van der Waals surface area (Å²) in [5, 5.41) is 0.997. The van der Waals surface area contributed by atoms with Crippen molar-refractivity contribution in [2.45, 2.75) is 6.92 Å². The van der Waals surface area contributed by atoms with Crippen LogP contribution in [-0.2, 0) is 9.47 Å². The highest BCUT2D eigenvalue weighted by Gasteiger charge is 2.17. The Kier molecular flexibility index (Phi) is 4.69. The minimum Gasteiger partial charge on any atom is -0.464 e. The third kappa shape index (κ3) is 3.08. The van der Waals surface area contributed by atoms with E-state index < -0.39 is 11.9 Å². The van der Waals surface area contributed by atoms with Gasteiger partial charge in [0.15, 0.2) is 11.1 Å². The zero-order valence-electron chi connectivity index (χ0n) is 13.3. The summed E-state index contributed by atoms with van der Waals surface area (Å²) in [5.41, 5.74) is 0.0872. The van der Waals surface area contributed by atoms with Crippen LogP contribution in [0.2, 0.25) is 5.02 Å². The summed E-state index contributed by atoms with van der Waals surface area (Å²) in [7, 11) is 1.25. The molecule has 0 fully saturated rings. The van der Waals surface area contributed by atoms with Gasteiger partial charge in [0.25, 0.3) is 0 Å². The topological polar surface area (TPSA) is 82.6 Å². The summed E-state index contributed by atoms with van der Waals surface area (Å²) in [6.45, 7) is 1.92. The third-order valence-corrected chi connectivity index (χ3v) is 4.85. The van der Waals surface area contributed by atoms with Crippen LogP contribution in [0.25, 0.3) is 21.0 Å². The van der Waals surface area contributed by atoms with Crippen molar-refractivity contribution in [2.75, 3.05) is 13.7 Å². The molecule has 0 radical (unpaired) electrons. The zero-order chi connectivity index (χ0) is 18.1. The third-order valence-electron chi connectivity index (χ3n) is 3.49. The number of fused-ring (bicyclic) bond motifs is 3. The second-order valence-electron chi connectivity index (χ2n) is 5.01. The zero-order valence-corrected chi connectivity index (χ0v) is 14.9. The van der Waals surface area contributed by atoms with Gasteiger partial charge < -0.3 is 9.47 Å². The van der Waals surface area contributed by atoms with E-state index in [1.54, 1.807) is 19.1 Å². The lowest BCUT2D eigenvalue weighted by atomic mass is 10.1. The van der Waals surface area contributed by atoms with Gasteiger partial charge in [0.2, 0.25) is 0 Å². The molecule has 3 aromatic rings. The Morgan fingerprint density at radius 3 is 2.64 bits per heavy atom. The standard InChI is InChI=1S/C17H12ClNO5S/c1-3-24-17(22)13-7-11(20)15-12(25-13)5-4-9-14(15)8(18)6-10(19-9)16(21)23-2/h4-7H,3H2,1-2H3. The normalized spacial score (nSPS) is 10.8. The number of ether oxygens (including phenoxy) is 2. The first-order valence-corrected chi connectivity index (χ1v) is 8.48. The van der Waals surface area contributed by atoms with E-state index >= 15 is 0 Å². The molecular weight excluding hydrogens is 366 g/mol. The summed E-state index contributed by atoms with van der Waals surface area (Å²) in [5.74, 6) is -1.16. The smallest absolute Gasteiger partial charge is 0.356 e. The highest BCUT2D eigenvalue weighted by atomic mass is 35.5. The highest BCUT2D eigenvalue weighted by molar-refractivity contribution is 7.20. The number of carbonyl (C=O) groups is 2. The lowest BCUT2D eigenvalue weighted by Crippen LogP contribution is -2.09. The summed E-state index contributed by atoms with van der Waals surface area (Å²) in [6.07, 6.45) is 0. The molecule has 0 saturated carbocycles. The monoisotopic (exact) mass is 377 g/mol. The van der Waals surface area contributed by atoms with Crippen molar-refractivity contribution in [3.05, 3.63) is 50.1 Å². The van der Waals surface area contributed by atoms with E-state index in [-0.39, 0.29) is 27.6 Å². The van der Waals surface area contributed by atoms with E-state index in [9.17, 15) is 14.4 Å². The molecule has 0 unspecified atom stereocenters. The van der Waals surface area contributed by atoms with Crippen LogP contribution < -0.4 is 5.43 Å². The van der Waals surface area contributed by atoms with E-state index in [1.165, 1.54) is 19.2 Å². The van der Waals surface area contributed by atoms with Crippen LogP contribution in [0.1, 0.15) is 27.1 Å². The van der Waals surface area contributed by atoms with Crippen molar-refractivity contribution >= 4 is 55.9 Å². The molecule has 0 N–H and O–H groups in total. The van der Waals surface area contributed by atoms with E-state index in [0.717, 1.165) is 11.3 Å². The van der Waals surface area contributed by atoms with E-state index in [1.807, 2.05) is 0 Å². The Morgan fingerprint density at radius 2 is 1.96 bits per heavy atom. The number of hydrogen-bond donors (Lipinski definition) is 0. The van der Waals surface area contributed by atoms with E-state index in [2.05, 4.69) is 9.72 Å². The second-order valence-corrected chi connectivity index (χ2v) is 6.50. The number of methoxy groups -OCH3 is 1. The SMILES string of the molecule is CCOC(=O)c1cc(=O)c2c(ccc3nc(C(=O)OC)cc(Cl)c32)s1. The number of benzene rings is 1. The fourth-order valence-electron chi connectivity index (χ4n) is 2.44. The van der Waals surface area contributed by atoms with Crippen LogP contribution in [-0.4, -0.2) is 30.6 Å². The Hall–Kier alpha value is -2.51. The van der Waals surface area contributed by atoms with Gasteiger partial charge in [-0.3, -0.25) is 4.79 Å². The number of hydrogen-bond acceptors (Lipinski definition) is 7. The van der Waals surface area contributed by atoms with Gasteiger partial charge in [-0.15, -0.1) is 11.3 Å². The molecule has 8 heteroatoms. The van der Waals surface area contributed by atoms with Gasteiger partial charge in [-0.05, 0) is 25.1 Å². The van der Waals surface area contributed by atoms with E-state index in [4.69, 9.17) is 16.3 Å². The Labute approximate surface area is 151 Å². The van der Waals surface area contributed by atoms with Gasteiger partial charge in [0, 0.05) is 16.2 Å². The maximum absolute atomic E-state index is 12.6. The van der Waals surface area contributed by atoms with Crippen molar-refractivity contribution in [1.29, 1.82) is 0 Å². The van der Waals surface area contributed by atoms with E-state index in [0.29, 0.717) is 21.0 Å². The number of carbonyl (C=O) groups excluding carboxylic acids is 2. The van der Waals surface area contributed by atoms with Crippen LogP contribution in [0.3, 0.4) is 0 Å². The average molecular weight is 378 g/mol. The van der Waals surface area contributed by atoms with Crippen LogP contribution in [0.15, 0.2) is 29.1 Å². The first-order valence-electron chi connectivity index (χ1n) is 7.28. The molecule has 0 amide bonds. The first kappa shape index (κ1) is 17.3.